The maximum atomic E-state index is 6.48. The van der Waals surface area contributed by atoms with Crippen LogP contribution >= 0.6 is 23.2 Å². The number of halogens is 2. The average Bonchev–Trinajstić information content (AvgIpc) is 3.09. The highest BCUT2D eigenvalue weighted by Crippen LogP contribution is 2.37. The first-order valence-corrected chi connectivity index (χ1v) is 11.2. The van der Waals surface area contributed by atoms with Gasteiger partial charge in [0, 0.05) is 71.1 Å². The lowest BCUT2D eigenvalue weighted by atomic mass is 9.97. The largest absolute Gasteiger partial charge is 0.315 e. The molecule has 5 aromatic rings. The molecule has 1 aromatic carbocycles. The third-order valence-electron chi connectivity index (χ3n) is 6.21. The number of imidazole rings is 1. The molecule has 7 heteroatoms. The molecule has 1 aliphatic rings. The lowest BCUT2D eigenvalue weighted by Gasteiger charge is -2.26. The van der Waals surface area contributed by atoms with Gasteiger partial charge in [-0.3, -0.25) is 9.97 Å². The minimum Gasteiger partial charge on any atom is -0.315 e. The van der Waals surface area contributed by atoms with Crippen LogP contribution in [-0.2, 0) is 0 Å². The van der Waals surface area contributed by atoms with Gasteiger partial charge in [0.15, 0.2) is 0 Å². The topological polar surface area (TPSA) is 55.1 Å². The van der Waals surface area contributed by atoms with Gasteiger partial charge in [0.05, 0.1) is 21.3 Å². The lowest BCUT2D eigenvalue weighted by Crippen LogP contribution is -2.40. The van der Waals surface area contributed by atoms with E-state index in [1.807, 2.05) is 49.8 Å². The first-order valence-electron chi connectivity index (χ1n) is 10.5. The van der Waals surface area contributed by atoms with Crippen molar-refractivity contribution in [2.45, 2.75) is 12.8 Å². The Bertz CT molecular complexity index is 1470. The lowest BCUT2D eigenvalue weighted by molar-refractivity contribution is 0.440. The fourth-order valence-electron chi connectivity index (χ4n) is 4.25. The van der Waals surface area contributed by atoms with E-state index < -0.39 is 0 Å². The van der Waals surface area contributed by atoms with Crippen LogP contribution in [0.5, 0.6) is 0 Å². The second kappa shape index (κ2) is 7.55. The monoisotopic (exact) mass is 459 g/mol. The summed E-state index contributed by atoms with van der Waals surface area (Å²) < 4.78 is 2.06. The summed E-state index contributed by atoms with van der Waals surface area (Å²) in [4.78, 5) is 14.3. The molecule has 0 amide bonds. The number of fused-ring (bicyclic) bond motifs is 3. The van der Waals surface area contributed by atoms with Crippen LogP contribution in [-0.4, -0.2) is 32.4 Å². The van der Waals surface area contributed by atoms with E-state index in [4.69, 9.17) is 33.2 Å². The third kappa shape index (κ3) is 3.08. The highest BCUT2D eigenvalue weighted by Gasteiger charge is 2.20. The first-order chi connectivity index (χ1) is 15.6. The van der Waals surface area contributed by atoms with Crippen molar-refractivity contribution in [3.8, 4) is 22.4 Å². The van der Waals surface area contributed by atoms with Gasteiger partial charge >= 0.3 is 0 Å². The molecule has 0 atom stereocenters. The van der Waals surface area contributed by atoms with Gasteiger partial charge in [-0.25, -0.2) is 4.98 Å². The zero-order chi connectivity index (χ0) is 21.8. The molecule has 0 aliphatic carbocycles. The van der Waals surface area contributed by atoms with Gasteiger partial charge in [0.2, 0.25) is 0 Å². The number of aromatic nitrogens is 4. The molecule has 6 rings (SSSR count). The Balaban J connectivity index is 1.50. The number of rotatable bonds is 3. The molecule has 1 saturated heterocycles. The Kier molecular flexibility index (Phi) is 4.65. The number of pyridine rings is 3. The molecular weight excluding hydrogens is 441 g/mol. The predicted molar refractivity (Wildman–Crippen MR) is 130 cm³/mol. The SMILES string of the molecule is Cc1c(-c2c(Cl)cccc2Cl)nc2c3cc(-c4ccc(C5CNC5)nc4)cnc3ccn12. The van der Waals surface area contributed by atoms with Gasteiger partial charge < -0.3 is 9.72 Å². The predicted octanol–water partition coefficient (Wildman–Crippen LogP) is 5.91. The van der Waals surface area contributed by atoms with E-state index in [0.29, 0.717) is 16.0 Å². The summed E-state index contributed by atoms with van der Waals surface area (Å²) in [5, 5.41) is 5.43. The third-order valence-corrected chi connectivity index (χ3v) is 6.84. The van der Waals surface area contributed by atoms with Crippen LogP contribution in [0.4, 0.5) is 0 Å². The van der Waals surface area contributed by atoms with Crippen molar-refractivity contribution < 1.29 is 0 Å². The molecule has 1 N–H and O–H groups in total. The molecule has 32 heavy (non-hydrogen) atoms. The molecule has 4 aromatic heterocycles. The zero-order valence-electron chi connectivity index (χ0n) is 17.3. The molecule has 5 nitrogen and oxygen atoms in total. The van der Waals surface area contributed by atoms with E-state index in [-0.39, 0.29) is 0 Å². The van der Waals surface area contributed by atoms with E-state index >= 15 is 0 Å². The summed E-state index contributed by atoms with van der Waals surface area (Å²) in [5.41, 5.74) is 7.39. The van der Waals surface area contributed by atoms with Crippen molar-refractivity contribution >= 4 is 39.8 Å². The molecule has 0 saturated carbocycles. The van der Waals surface area contributed by atoms with Crippen molar-refractivity contribution in [1.82, 2.24) is 24.7 Å². The fourth-order valence-corrected chi connectivity index (χ4v) is 4.83. The highest BCUT2D eigenvalue weighted by molar-refractivity contribution is 6.39. The van der Waals surface area contributed by atoms with Crippen LogP contribution in [0.2, 0.25) is 10.0 Å². The maximum Gasteiger partial charge on any atom is 0.147 e. The van der Waals surface area contributed by atoms with Crippen LogP contribution < -0.4 is 5.32 Å². The quantitative estimate of drug-likeness (QED) is 0.364. The molecule has 5 heterocycles. The fraction of sp³-hybridized carbons (Fsp3) is 0.160. The highest BCUT2D eigenvalue weighted by atomic mass is 35.5. The second-order valence-electron chi connectivity index (χ2n) is 8.14. The molecule has 1 fully saturated rings. The number of aryl methyl sites for hydroxylation is 1. The van der Waals surface area contributed by atoms with E-state index in [9.17, 15) is 0 Å². The number of benzene rings is 1. The number of hydrogen-bond acceptors (Lipinski definition) is 4. The molecule has 0 spiro atoms. The van der Waals surface area contributed by atoms with Crippen molar-refractivity contribution in [2.75, 3.05) is 13.1 Å². The van der Waals surface area contributed by atoms with Gasteiger partial charge in [0.1, 0.15) is 5.65 Å². The van der Waals surface area contributed by atoms with Crippen LogP contribution in [0, 0.1) is 6.92 Å². The normalized spacial score (nSPS) is 14.2. The van der Waals surface area contributed by atoms with E-state index in [1.54, 1.807) is 0 Å². The van der Waals surface area contributed by atoms with Gasteiger partial charge in [-0.15, -0.1) is 0 Å². The van der Waals surface area contributed by atoms with Crippen molar-refractivity contribution in [3.05, 3.63) is 82.5 Å². The zero-order valence-corrected chi connectivity index (χ0v) is 18.8. The molecule has 158 valence electrons. The van der Waals surface area contributed by atoms with Gasteiger partial charge in [-0.2, -0.15) is 0 Å². The number of hydrogen-bond donors (Lipinski definition) is 1. The van der Waals surface area contributed by atoms with Gasteiger partial charge in [-0.05, 0) is 37.3 Å². The van der Waals surface area contributed by atoms with Crippen molar-refractivity contribution in [2.24, 2.45) is 0 Å². The maximum absolute atomic E-state index is 6.48. The van der Waals surface area contributed by atoms with Gasteiger partial charge in [-0.1, -0.05) is 35.3 Å². The number of nitrogens with zero attached hydrogens (tertiary/aromatic N) is 4. The summed E-state index contributed by atoms with van der Waals surface area (Å²) in [6.07, 6.45) is 5.81. The molecular formula is C25H19Cl2N5. The molecule has 0 radical (unpaired) electrons. The summed E-state index contributed by atoms with van der Waals surface area (Å²) in [7, 11) is 0. The summed E-state index contributed by atoms with van der Waals surface area (Å²) in [6.45, 7) is 4.02. The average molecular weight is 460 g/mol. The van der Waals surface area contributed by atoms with Crippen LogP contribution in [0.3, 0.4) is 0 Å². The molecule has 1 aliphatic heterocycles. The Labute approximate surface area is 195 Å². The molecule has 0 bridgehead atoms. The molecule has 0 unspecified atom stereocenters. The van der Waals surface area contributed by atoms with E-state index in [1.165, 1.54) is 0 Å². The summed E-state index contributed by atoms with van der Waals surface area (Å²) >= 11 is 13.0. The Morgan fingerprint density at radius 2 is 1.75 bits per heavy atom. The van der Waals surface area contributed by atoms with E-state index in [0.717, 1.165) is 63.4 Å². The Hall–Kier alpha value is -2.99. The van der Waals surface area contributed by atoms with Crippen LogP contribution in [0.1, 0.15) is 17.3 Å². The minimum atomic E-state index is 0.515. The van der Waals surface area contributed by atoms with Crippen LogP contribution in [0.15, 0.2) is 61.1 Å². The minimum absolute atomic E-state index is 0.515. The van der Waals surface area contributed by atoms with Crippen molar-refractivity contribution in [1.29, 1.82) is 0 Å². The van der Waals surface area contributed by atoms with Crippen molar-refractivity contribution in [3.63, 3.8) is 0 Å². The number of nitrogens with one attached hydrogen (secondary N) is 1. The van der Waals surface area contributed by atoms with E-state index in [2.05, 4.69) is 32.9 Å². The summed E-state index contributed by atoms with van der Waals surface area (Å²) in [5.74, 6) is 0.515. The standard InChI is InChI=1S/C25H19Cl2N5/c1-14-24(23-19(26)3-2-4-20(23)27)31-25-18-9-16(13-30-22(18)7-8-32(14)25)15-5-6-21(29-12-15)17-10-28-11-17/h2-9,12-13,17,28H,10-11H2,1H3. The Morgan fingerprint density at radius 3 is 2.44 bits per heavy atom. The van der Waals surface area contributed by atoms with Crippen LogP contribution in [0.25, 0.3) is 38.9 Å². The van der Waals surface area contributed by atoms with Gasteiger partial charge in [0.25, 0.3) is 0 Å². The smallest absolute Gasteiger partial charge is 0.147 e. The Morgan fingerprint density at radius 1 is 0.969 bits per heavy atom. The first kappa shape index (κ1) is 19.7. The second-order valence-corrected chi connectivity index (χ2v) is 8.95. The summed E-state index contributed by atoms with van der Waals surface area (Å²) in [6, 6.07) is 13.9.